The number of rotatable bonds is 10. The van der Waals surface area contributed by atoms with E-state index in [9.17, 15) is 9.59 Å². The Balaban J connectivity index is 2.08. The fourth-order valence-corrected chi connectivity index (χ4v) is 3.12. The van der Waals surface area contributed by atoms with Crippen LogP contribution in [-0.2, 0) is 4.79 Å². The molecule has 2 amide bonds. The molecule has 2 aromatic carbocycles. The van der Waals surface area contributed by atoms with E-state index in [1.165, 1.54) is 0 Å². The maximum Gasteiger partial charge on any atom is 0.257 e. The van der Waals surface area contributed by atoms with Gasteiger partial charge in [0.05, 0.1) is 16.8 Å². The Hall–Kier alpha value is -4.53. The Labute approximate surface area is 197 Å². The van der Waals surface area contributed by atoms with Gasteiger partial charge in [-0.3, -0.25) is 14.6 Å². The van der Waals surface area contributed by atoms with Gasteiger partial charge >= 0.3 is 0 Å². The van der Waals surface area contributed by atoms with Crippen LogP contribution in [0.15, 0.2) is 65.8 Å². The highest BCUT2D eigenvalue weighted by atomic mass is 16.5. The van der Waals surface area contributed by atoms with Crippen LogP contribution in [0.3, 0.4) is 0 Å². The normalized spacial score (nSPS) is 11.4. The van der Waals surface area contributed by atoms with Gasteiger partial charge in [-0.2, -0.15) is 0 Å². The van der Waals surface area contributed by atoms with E-state index in [0.29, 0.717) is 46.1 Å². The highest BCUT2D eigenvalue weighted by Crippen LogP contribution is 2.30. The SMILES string of the molecule is C=N/C=C\C=C(/C)c1nc(Nc2ccccc2C(N)=O)c2cc(OCC(=O)NCC)ccc2n1. The lowest BCUT2D eigenvalue weighted by atomic mass is 10.1. The first kappa shape index (κ1) is 24.1. The predicted molar refractivity (Wildman–Crippen MR) is 134 cm³/mol. The Kier molecular flexibility index (Phi) is 8.07. The topological polar surface area (TPSA) is 132 Å². The van der Waals surface area contributed by atoms with Crippen LogP contribution in [0, 0.1) is 0 Å². The van der Waals surface area contributed by atoms with Crippen molar-refractivity contribution in [1.29, 1.82) is 0 Å². The molecule has 0 aliphatic rings. The number of fused-ring (bicyclic) bond motifs is 1. The Morgan fingerprint density at radius 1 is 1.21 bits per heavy atom. The van der Waals surface area contributed by atoms with Gasteiger partial charge in [-0.1, -0.05) is 18.2 Å². The van der Waals surface area contributed by atoms with Gasteiger partial charge in [0.1, 0.15) is 11.6 Å². The van der Waals surface area contributed by atoms with Crippen LogP contribution < -0.4 is 21.1 Å². The van der Waals surface area contributed by atoms with Gasteiger partial charge in [-0.15, -0.1) is 0 Å². The maximum atomic E-state index is 11.9. The van der Waals surface area contributed by atoms with Crippen LogP contribution in [0.1, 0.15) is 30.0 Å². The van der Waals surface area contributed by atoms with Crippen molar-refractivity contribution in [2.45, 2.75) is 13.8 Å². The molecule has 0 aliphatic carbocycles. The number of carbonyl (C=O) groups is 2. The number of allylic oxidation sites excluding steroid dienone is 3. The summed E-state index contributed by atoms with van der Waals surface area (Å²) in [5.41, 5.74) is 7.82. The average Bonchev–Trinajstić information content (AvgIpc) is 2.83. The van der Waals surface area contributed by atoms with Crippen LogP contribution in [0.5, 0.6) is 5.75 Å². The number of amides is 2. The summed E-state index contributed by atoms with van der Waals surface area (Å²) >= 11 is 0. The van der Waals surface area contributed by atoms with Gasteiger partial charge < -0.3 is 21.1 Å². The van der Waals surface area contributed by atoms with Gasteiger partial charge in [0.25, 0.3) is 11.8 Å². The number of ether oxygens (including phenoxy) is 1. The molecular formula is C25H26N6O3. The molecule has 1 aromatic heterocycles. The molecule has 3 aromatic rings. The van der Waals surface area contributed by atoms with Gasteiger partial charge in [0.15, 0.2) is 12.4 Å². The van der Waals surface area contributed by atoms with Crippen molar-refractivity contribution in [3.05, 3.63) is 72.2 Å². The summed E-state index contributed by atoms with van der Waals surface area (Å²) in [6.07, 6.45) is 5.12. The van der Waals surface area contributed by atoms with E-state index in [2.05, 4.69) is 32.3 Å². The third-order valence-corrected chi connectivity index (χ3v) is 4.75. The molecule has 0 fully saturated rings. The smallest absolute Gasteiger partial charge is 0.257 e. The summed E-state index contributed by atoms with van der Waals surface area (Å²) < 4.78 is 5.63. The number of aliphatic imine (C=N–C) groups is 1. The highest BCUT2D eigenvalue weighted by Gasteiger charge is 2.14. The second-order valence-corrected chi connectivity index (χ2v) is 7.23. The first-order valence-corrected chi connectivity index (χ1v) is 10.6. The summed E-state index contributed by atoms with van der Waals surface area (Å²) in [5, 5.41) is 6.54. The summed E-state index contributed by atoms with van der Waals surface area (Å²) in [7, 11) is 0. The number of anilines is 2. The summed E-state index contributed by atoms with van der Waals surface area (Å²) in [4.78, 5) is 36.7. The second-order valence-electron chi connectivity index (χ2n) is 7.23. The molecule has 174 valence electrons. The lowest BCUT2D eigenvalue weighted by Gasteiger charge is -2.14. The molecule has 0 saturated carbocycles. The zero-order valence-electron chi connectivity index (χ0n) is 19.0. The first-order chi connectivity index (χ1) is 16.4. The standard InChI is InChI=1S/C25H26N6O3/c1-4-28-22(32)15-34-17-11-12-21-19(14-17)25(30-20-10-6-5-9-18(20)23(26)33)31-24(29-21)16(2)8-7-13-27-3/h5-14H,3-4,15H2,1-2H3,(H2,26,33)(H,28,32)(H,29,30,31)/b13-7-,16-8+. The lowest BCUT2D eigenvalue weighted by molar-refractivity contribution is -0.122. The number of nitrogens with zero attached hydrogens (tertiary/aromatic N) is 3. The van der Waals surface area contributed by atoms with Gasteiger partial charge in [-0.05, 0) is 62.5 Å². The maximum absolute atomic E-state index is 11.9. The number of benzene rings is 2. The predicted octanol–water partition coefficient (Wildman–Crippen LogP) is 3.60. The van der Waals surface area contributed by atoms with E-state index in [0.717, 1.165) is 5.57 Å². The molecule has 9 heteroatoms. The van der Waals surface area contributed by atoms with Crippen molar-refractivity contribution in [3.8, 4) is 5.75 Å². The Morgan fingerprint density at radius 3 is 2.74 bits per heavy atom. The average molecular weight is 459 g/mol. The van der Waals surface area contributed by atoms with E-state index in [-0.39, 0.29) is 12.5 Å². The zero-order chi connectivity index (χ0) is 24.5. The molecule has 0 atom stereocenters. The summed E-state index contributed by atoms with van der Waals surface area (Å²) in [6.45, 7) is 7.54. The van der Waals surface area contributed by atoms with E-state index in [1.807, 2.05) is 19.9 Å². The quantitative estimate of drug-likeness (QED) is 0.314. The van der Waals surface area contributed by atoms with E-state index < -0.39 is 5.91 Å². The van der Waals surface area contributed by atoms with Gasteiger partial charge in [0.2, 0.25) is 0 Å². The van der Waals surface area contributed by atoms with Crippen LogP contribution in [0.25, 0.3) is 16.5 Å². The number of nitrogens with two attached hydrogens (primary N) is 1. The third kappa shape index (κ3) is 6.04. The molecule has 3 rings (SSSR count). The molecule has 0 aliphatic heterocycles. The first-order valence-electron chi connectivity index (χ1n) is 10.6. The number of aromatic nitrogens is 2. The Bertz CT molecular complexity index is 1280. The number of likely N-dealkylation sites (N-methyl/N-ethyl adjacent to an activating group) is 1. The third-order valence-electron chi connectivity index (χ3n) is 4.75. The number of nitrogens with one attached hydrogen (secondary N) is 2. The molecule has 34 heavy (non-hydrogen) atoms. The van der Waals surface area contributed by atoms with Crippen molar-refractivity contribution in [2.75, 3.05) is 18.5 Å². The minimum Gasteiger partial charge on any atom is -0.484 e. The van der Waals surface area contributed by atoms with E-state index in [4.69, 9.17) is 10.5 Å². The van der Waals surface area contributed by atoms with Crippen molar-refractivity contribution < 1.29 is 14.3 Å². The molecule has 9 nitrogen and oxygen atoms in total. The van der Waals surface area contributed by atoms with Crippen molar-refractivity contribution >= 4 is 46.5 Å². The number of hydrogen-bond acceptors (Lipinski definition) is 7. The second kappa shape index (κ2) is 11.4. The fraction of sp³-hybridized carbons (Fsp3) is 0.160. The van der Waals surface area contributed by atoms with E-state index in [1.54, 1.807) is 54.7 Å². The Morgan fingerprint density at radius 2 is 2.00 bits per heavy atom. The molecule has 4 N–H and O–H groups in total. The molecule has 0 saturated heterocycles. The van der Waals surface area contributed by atoms with Gasteiger partial charge in [0, 0.05) is 18.1 Å². The van der Waals surface area contributed by atoms with Crippen LogP contribution in [-0.4, -0.2) is 41.7 Å². The van der Waals surface area contributed by atoms with Crippen molar-refractivity contribution in [1.82, 2.24) is 15.3 Å². The molecule has 1 heterocycles. The summed E-state index contributed by atoms with van der Waals surface area (Å²) in [6, 6.07) is 12.2. The highest BCUT2D eigenvalue weighted by molar-refractivity contribution is 6.01. The van der Waals surface area contributed by atoms with Crippen LogP contribution in [0.2, 0.25) is 0 Å². The number of primary amides is 1. The monoisotopic (exact) mass is 458 g/mol. The molecule has 0 unspecified atom stereocenters. The molecular weight excluding hydrogens is 432 g/mol. The van der Waals surface area contributed by atoms with Crippen LogP contribution in [0.4, 0.5) is 11.5 Å². The zero-order valence-corrected chi connectivity index (χ0v) is 19.0. The number of carbonyl (C=O) groups excluding carboxylic acids is 2. The largest absolute Gasteiger partial charge is 0.484 e. The van der Waals surface area contributed by atoms with E-state index >= 15 is 0 Å². The van der Waals surface area contributed by atoms with Crippen LogP contribution >= 0.6 is 0 Å². The summed E-state index contributed by atoms with van der Waals surface area (Å²) in [5.74, 6) is 0.636. The number of hydrogen-bond donors (Lipinski definition) is 3. The van der Waals surface area contributed by atoms with Crippen molar-refractivity contribution in [2.24, 2.45) is 10.7 Å². The minimum absolute atomic E-state index is 0.114. The lowest BCUT2D eigenvalue weighted by Crippen LogP contribution is -2.28. The fourth-order valence-electron chi connectivity index (χ4n) is 3.12. The van der Waals surface area contributed by atoms with Crippen molar-refractivity contribution in [3.63, 3.8) is 0 Å². The molecule has 0 spiro atoms. The van der Waals surface area contributed by atoms with Gasteiger partial charge in [-0.25, -0.2) is 9.97 Å². The minimum atomic E-state index is -0.564. The molecule has 0 radical (unpaired) electrons. The number of para-hydroxylation sites is 1. The molecule has 0 bridgehead atoms.